The highest BCUT2D eigenvalue weighted by Gasteiger charge is 2.39. The van der Waals surface area contributed by atoms with Gasteiger partial charge in [0, 0.05) is 15.6 Å². The normalized spacial score (nSPS) is 12.8. The zero-order valence-electron chi connectivity index (χ0n) is 46.9. The van der Waals surface area contributed by atoms with Crippen LogP contribution >= 0.6 is 31.9 Å². The maximum Gasteiger partial charge on any atom is 0.338 e. The molecule has 422 valence electrons. The van der Waals surface area contributed by atoms with E-state index >= 15 is 0 Å². The van der Waals surface area contributed by atoms with Crippen LogP contribution < -0.4 is 10.2 Å². The first-order chi connectivity index (χ1) is 38.1. The molecule has 2 aliphatic rings. The van der Waals surface area contributed by atoms with Crippen molar-refractivity contribution in [2.75, 3.05) is 18.1 Å². The molecule has 0 fully saturated rings. The Kier molecular flexibility index (Phi) is 27.3. The Balaban J connectivity index is 1.08. The van der Waals surface area contributed by atoms with Gasteiger partial charge in [0.25, 0.3) is 23.6 Å². The van der Waals surface area contributed by atoms with Crippen LogP contribution in [0.2, 0.25) is 0 Å². The molecule has 0 aliphatic carbocycles. The molecule has 6 rings (SSSR count). The number of amides is 4. The number of fused-ring (bicyclic) bond motifs is 2. The second-order valence-electron chi connectivity index (χ2n) is 21.6. The van der Waals surface area contributed by atoms with Gasteiger partial charge in [-0.2, -0.15) is 0 Å². The van der Waals surface area contributed by atoms with E-state index in [1.54, 1.807) is 66.7 Å². The molecule has 1 N–H and O–H groups in total. The zero-order valence-corrected chi connectivity index (χ0v) is 50.0. The van der Waals surface area contributed by atoms with Crippen LogP contribution in [-0.4, -0.2) is 48.8 Å². The van der Waals surface area contributed by atoms with Gasteiger partial charge in [-0.15, -0.1) is 0 Å². The maximum absolute atomic E-state index is 14.5. The fraction of sp³-hybridized carbons (Fsp3) is 0.545. The molecular weight excluding hydrogens is 1110 g/mol. The molecule has 0 spiro atoms. The molecule has 0 bridgehead atoms. The summed E-state index contributed by atoms with van der Waals surface area (Å²) in [5.74, 6) is -3.29. The highest BCUT2D eigenvalue weighted by atomic mass is 79.9. The summed E-state index contributed by atoms with van der Waals surface area (Å²) in [5.41, 5.74) is 3.15. The number of halogens is 2. The van der Waals surface area contributed by atoms with E-state index in [-0.39, 0.29) is 62.3 Å². The summed E-state index contributed by atoms with van der Waals surface area (Å²) in [6, 6.07) is 18.0. The van der Waals surface area contributed by atoms with E-state index in [4.69, 9.17) is 9.47 Å². The Bertz CT molecular complexity index is 2630. The molecule has 2 heterocycles. The Hall–Kier alpha value is -4.94. The van der Waals surface area contributed by atoms with Crippen molar-refractivity contribution in [3.05, 3.63) is 109 Å². The summed E-state index contributed by atoms with van der Waals surface area (Å²) in [5, 5.41) is 2.30. The maximum atomic E-state index is 14.5. The van der Waals surface area contributed by atoms with Gasteiger partial charge in [0.05, 0.1) is 56.8 Å². The Morgan fingerprint density at radius 3 is 1.27 bits per heavy atom. The van der Waals surface area contributed by atoms with Gasteiger partial charge in [0.1, 0.15) is 0 Å². The number of unbranched alkanes of at least 4 members (excludes halogenated alkanes) is 30. The van der Waals surface area contributed by atoms with Gasteiger partial charge in [0.2, 0.25) is 0 Å². The molecule has 4 aromatic carbocycles. The lowest BCUT2D eigenvalue weighted by molar-refractivity contribution is 0.0486. The molecule has 2 aliphatic heterocycles. The topological polar surface area (TPSA) is 136 Å². The highest BCUT2D eigenvalue weighted by Crippen LogP contribution is 2.46. The third-order valence-corrected chi connectivity index (χ3v) is 16.9. The van der Waals surface area contributed by atoms with Crippen molar-refractivity contribution in [2.24, 2.45) is 0 Å². The number of nitrogens with one attached hydrogen (secondary N) is 1. The molecule has 0 atom stereocenters. The van der Waals surface area contributed by atoms with Crippen LogP contribution in [0.25, 0.3) is 22.3 Å². The van der Waals surface area contributed by atoms with E-state index in [9.17, 15) is 28.8 Å². The van der Waals surface area contributed by atoms with Crippen molar-refractivity contribution in [2.45, 2.75) is 219 Å². The molecule has 0 saturated carbocycles. The second kappa shape index (κ2) is 34.3. The number of esters is 2. The van der Waals surface area contributed by atoms with Crippen molar-refractivity contribution in [3.8, 4) is 22.3 Å². The van der Waals surface area contributed by atoms with Gasteiger partial charge in [-0.05, 0) is 88.4 Å². The van der Waals surface area contributed by atoms with Gasteiger partial charge >= 0.3 is 11.9 Å². The predicted molar refractivity (Wildman–Crippen MR) is 322 cm³/mol. The van der Waals surface area contributed by atoms with Crippen LogP contribution in [0, 0.1) is 0 Å². The number of rotatable bonds is 39. The Morgan fingerprint density at radius 2 is 0.808 bits per heavy atom. The van der Waals surface area contributed by atoms with Crippen molar-refractivity contribution in [3.63, 3.8) is 0 Å². The number of imide groups is 2. The van der Waals surface area contributed by atoms with Crippen LogP contribution in [0.1, 0.15) is 281 Å². The van der Waals surface area contributed by atoms with Crippen molar-refractivity contribution in [1.82, 2.24) is 5.32 Å². The first-order valence-electron chi connectivity index (χ1n) is 30.1. The molecule has 4 amide bonds. The van der Waals surface area contributed by atoms with E-state index in [0.29, 0.717) is 27.6 Å². The van der Waals surface area contributed by atoms with Crippen LogP contribution in [0.4, 0.5) is 5.69 Å². The van der Waals surface area contributed by atoms with E-state index in [1.807, 2.05) is 0 Å². The molecule has 4 aromatic rings. The summed E-state index contributed by atoms with van der Waals surface area (Å²) in [6.07, 6.45) is 39.6. The minimum absolute atomic E-state index is 0.147. The molecule has 78 heavy (non-hydrogen) atoms. The largest absolute Gasteiger partial charge is 0.462 e. The van der Waals surface area contributed by atoms with Gasteiger partial charge in [-0.25, -0.2) is 14.5 Å². The fourth-order valence-electron chi connectivity index (χ4n) is 10.9. The number of carbonyl (C=O) groups excluding carboxylic acids is 6. The quantitative estimate of drug-likeness (QED) is 0.0265. The summed E-state index contributed by atoms with van der Waals surface area (Å²) < 4.78 is 12.6. The molecule has 0 unspecified atom stereocenters. The molecule has 0 radical (unpaired) electrons. The first kappa shape index (κ1) is 62.3. The SMILES string of the molecule is CCCCCCCCCCCCCCCCCCOC(=O)c1cccc(Br)c1-c1c(C(=O)OCCCCCCCCCCCCCCCCCC)ccc(N2C(=O)c3ccc(-c4ccc5c(c4)C(=O)NC5=O)cc3C2=O)c1Br. The summed E-state index contributed by atoms with van der Waals surface area (Å²) in [6.45, 7) is 4.98. The lowest BCUT2D eigenvalue weighted by Crippen LogP contribution is -2.30. The molecule has 0 aromatic heterocycles. The smallest absolute Gasteiger partial charge is 0.338 e. The summed E-state index contributed by atoms with van der Waals surface area (Å²) in [4.78, 5) is 82.9. The molecule has 0 saturated heterocycles. The van der Waals surface area contributed by atoms with E-state index in [2.05, 4.69) is 51.0 Å². The Labute approximate surface area is 482 Å². The van der Waals surface area contributed by atoms with E-state index < -0.39 is 35.6 Å². The first-order valence-corrected chi connectivity index (χ1v) is 31.6. The average molecular weight is 1200 g/mol. The predicted octanol–water partition coefficient (Wildman–Crippen LogP) is 19.1. The lowest BCUT2D eigenvalue weighted by atomic mass is 9.94. The number of carbonyl (C=O) groups is 6. The molecule has 12 heteroatoms. The third-order valence-electron chi connectivity index (χ3n) is 15.5. The zero-order chi connectivity index (χ0) is 55.5. The summed E-state index contributed by atoms with van der Waals surface area (Å²) >= 11 is 7.43. The third kappa shape index (κ3) is 18.3. The number of benzene rings is 4. The fourth-order valence-corrected chi connectivity index (χ4v) is 12.2. The molecular formula is C66H86Br2N2O8. The monoisotopic (exact) mass is 1190 g/mol. The minimum Gasteiger partial charge on any atom is -0.462 e. The van der Waals surface area contributed by atoms with Crippen LogP contribution in [0.3, 0.4) is 0 Å². The van der Waals surface area contributed by atoms with Crippen molar-refractivity contribution >= 4 is 73.1 Å². The number of anilines is 1. The van der Waals surface area contributed by atoms with Gasteiger partial charge < -0.3 is 9.47 Å². The Morgan fingerprint density at radius 1 is 0.423 bits per heavy atom. The van der Waals surface area contributed by atoms with Crippen LogP contribution in [-0.2, 0) is 9.47 Å². The minimum atomic E-state index is -0.599. The standard InChI is InChI=1S/C66H86Br2N2O8/c1-3-5-7-9-11-13-15-17-19-21-23-25-27-29-31-33-44-77-65(75)52-36-35-37-56(67)58(52)59-53(66(76)78-45-34-32-30-28-26-24-22-20-18-16-14-12-10-8-6-4-2)42-43-57(60(59)68)70-63(73)51-41-39-49(47-55(51)64(70)74)48-38-40-50-54(46-48)62(72)69-61(50)71/h35-43,46-47H,3-34,44-45H2,1-2H3,(H,69,71,72). The van der Waals surface area contributed by atoms with Crippen molar-refractivity contribution in [1.29, 1.82) is 0 Å². The van der Waals surface area contributed by atoms with Crippen molar-refractivity contribution < 1.29 is 38.2 Å². The van der Waals surface area contributed by atoms with E-state index in [1.165, 1.54) is 154 Å². The van der Waals surface area contributed by atoms with Gasteiger partial charge in [0.15, 0.2) is 0 Å². The lowest BCUT2D eigenvalue weighted by Gasteiger charge is -2.22. The van der Waals surface area contributed by atoms with Gasteiger partial charge in [-0.3, -0.25) is 24.5 Å². The van der Waals surface area contributed by atoms with Crippen LogP contribution in [0.15, 0.2) is 75.7 Å². The summed E-state index contributed by atoms with van der Waals surface area (Å²) in [7, 11) is 0. The second-order valence-corrected chi connectivity index (χ2v) is 23.3. The van der Waals surface area contributed by atoms with E-state index in [0.717, 1.165) is 49.8 Å². The average Bonchev–Trinajstić information content (AvgIpc) is 3.95. The van der Waals surface area contributed by atoms with Crippen LogP contribution in [0.5, 0.6) is 0 Å². The number of hydrogen-bond acceptors (Lipinski definition) is 8. The number of nitrogens with zero attached hydrogens (tertiary/aromatic N) is 1. The number of ether oxygens (including phenoxy) is 2. The number of hydrogen-bond donors (Lipinski definition) is 1. The van der Waals surface area contributed by atoms with Gasteiger partial charge in [-0.1, -0.05) is 241 Å². The highest BCUT2D eigenvalue weighted by molar-refractivity contribution is 9.11. The molecule has 10 nitrogen and oxygen atoms in total.